The van der Waals surface area contributed by atoms with E-state index < -0.39 is 0 Å². The van der Waals surface area contributed by atoms with E-state index in [1.165, 1.54) is 8.87 Å². The summed E-state index contributed by atoms with van der Waals surface area (Å²) in [6.45, 7) is 4.57. The average Bonchev–Trinajstić information content (AvgIpc) is 3.00. The van der Waals surface area contributed by atoms with Gasteiger partial charge in [0.25, 0.3) is 0 Å². The van der Waals surface area contributed by atoms with E-state index in [0.29, 0.717) is 22.3 Å². The molecule has 0 bridgehead atoms. The Morgan fingerprint density at radius 2 is 0.615 bits per heavy atom. The molecule has 0 unspecified atom stereocenters. The van der Waals surface area contributed by atoms with Crippen molar-refractivity contribution in [1.29, 1.82) is 0 Å². The first kappa shape index (κ1) is 31.6. The molecule has 0 saturated carbocycles. The second-order valence-corrected chi connectivity index (χ2v) is 13.9. The number of ketones is 4. The van der Waals surface area contributed by atoms with E-state index in [9.17, 15) is 19.2 Å². The Bertz CT molecular complexity index is 1090. The van der Waals surface area contributed by atoms with Gasteiger partial charge < -0.3 is 0 Å². The maximum atomic E-state index is 11.8. The van der Waals surface area contributed by atoms with E-state index in [4.69, 9.17) is 0 Å². The smallest absolute Gasteiger partial charge is 0.170 e. The van der Waals surface area contributed by atoms with Crippen LogP contribution in [0.4, 0.5) is 0 Å². The van der Waals surface area contributed by atoms with E-state index in [2.05, 4.69) is 13.8 Å². The molecule has 0 N–H and O–H groups in total. The zero-order valence-corrected chi connectivity index (χ0v) is 25.4. The molecule has 4 rings (SSSR count). The predicted octanol–water partition coefficient (Wildman–Crippen LogP) is 7.85. The first-order valence-corrected chi connectivity index (χ1v) is 17.0. The summed E-state index contributed by atoms with van der Waals surface area (Å²) in [5.74, 6) is -0.558. The molecule has 0 saturated heterocycles. The Kier molecular flexibility index (Phi) is 15.0. The second-order valence-electron chi connectivity index (χ2n) is 8.47. The summed E-state index contributed by atoms with van der Waals surface area (Å²) in [6, 6.07) is 35.5. The van der Waals surface area contributed by atoms with Gasteiger partial charge in [0.15, 0.2) is 23.1 Å². The average molecular weight is 625 g/mol. The minimum absolute atomic E-state index is 0.0754. The van der Waals surface area contributed by atoms with Crippen molar-refractivity contribution in [2.45, 2.75) is 35.6 Å². The van der Waals surface area contributed by atoms with Crippen molar-refractivity contribution in [3.63, 3.8) is 0 Å². The zero-order valence-electron chi connectivity index (χ0n) is 22.5. The van der Waals surface area contributed by atoms with Crippen molar-refractivity contribution in [2.75, 3.05) is 0 Å². The number of hydrogen-bond donors (Lipinski definition) is 0. The molecule has 0 atom stereocenters. The fourth-order valence-corrected chi connectivity index (χ4v) is 4.87. The first-order chi connectivity index (χ1) is 19.0. The standard InChI is InChI=1S/2C15H12O2.2C2H5.Sn/c2*16-14(12-7-3-1-4-8-12)11-15(17)13-9-5-2-6-10-13;2*1-2;/h2*1-10H,11H2;2*1H2,2H3;. The summed E-state index contributed by atoms with van der Waals surface area (Å²) in [5, 5.41) is 0. The number of hydrogen-bond acceptors (Lipinski definition) is 4. The molecule has 0 aliphatic heterocycles. The molecule has 2 radical (unpaired) electrons. The molecule has 0 aromatic heterocycles. The summed E-state index contributed by atoms with van der Waals surface area (Å²) in [6.07, 6.45) is -0.151. The van der Waals surface area contributed by atoms with Crippen molar-refractivity contribution in [3.8, 4) is 0 Å². The minimum Gasteiger partial charge on any atom is -0.294 e. The molecule has 0 heterocycles. The fraction of sp³-hybridized carbons (Fsp3) is 0.176. The van der Waals surface area contributed by atoms with Gasteiger partial charge in [-0.2, -0.15) is 0 Å². The van der Waals surface area contributed by atoms with E-state index in [1.807, 2.05) is 24.3 Å². The first-order valence-electron chi connectivity index (χ1n) is 13.0. The largest absolute Gasteiger partial charge is 0.294 e. The number of carbonyl (C=O) groups excluding carboxylic acids is 4. The van der Waals surface area contributed by atoms with Gasteiger partial charge in [-0.1, -0.05) is 121 Å². The van der Waals surface area contributed by atoms with Crippen molar-refractivity contribution in [1.82, 2.24) is 0 Å². The predicted molar refractivity (Wildman–Crippen MR) is 159 cm³/mol. The topological polar surface area (TPSA) is 68.3 Å². The molecule has 5 heteroatoms. The number of carbonyl (C=O) groups is 4. The van der Waals surface area contributed by atoms with Crippen LogP contribution < -0.4 is 0 Å². The van der Waals surface area contributed by atoms with Crippen LogP contribution >= 0.6 is 0 Å². The Labute approximate surface area is 241 Å². The van der Waals surface area contributed by atoms with Crippen LogP contribution in [-0.2, 0) is 0 Å². The molecule has 39 heavy (non-hydrogen) atoms. The SMILES string of the molecule is C[CH2][Sn][CH2]C.O=C(CC(=O)c1ccccc1)c1ccccc1.O=C(CC(=O)c1ccccc1)c1ccccc1. The second kappa shape index (κ2) is 18.6. The van der Waals surface area contributed by atoms with Crippen LogP contribution in [0.1, 0.15) is 68.1 Å². The Morgan fingerprint density at radius 1 is 0.410 bits per heavy atom. The number of rotatable bonds is 10. The van der Waals surface area contributed by atoms with Crippen LogP contribution in [-0.4, -0.2) is 44.3 Å². The summed E-state index contributed by atoms with van der Waals surface area (Å²) in [5.41, 5.74) is 2.32. The van der Waals surface area contributed by atoms with Crippen molar-refractivity contribution < 1.29 is 19.2 Å². The van der Waals surface area contributed by atoms with Crippen molar-refractivity contribution in [2.24, 2.45) is 0 Å². The third-order valence-corrected chi connectivity index (χ3v) is 8.38. The fourth-order valence-electron chi connectivity index (χ4n) is 3.45. The van der Waals surface area contributed by atoms with Gasteiger partial charge in [-0.15, -0.1) is 0 Å². The molecule has 0 fully saturated rings. The summed E-state index contributed by atoms with van der Waals surface area (Å²) in [4.78, 5) is 47.2. The minimum atomic E-state index is -0.139. The van der Waals surface area contributed by atoms with Gasteiger partial charge in [-0.25, -0.2) is 0 Å². The Hall–Kier alpha value is -3.64. The summed E-state index contributed by atoms with van der Waals surface area (Å²) >= 11 is 0.218. The van der Waals surface area contributed by atoms with E-state index in [1.54, 1.807) is 97.1 Å². The van der Waals surface area contributed by atoms with Crippen molar-refractivity contribution in [3.05, 3.63) is 144 Å². The Morgan fingerprint density at radius 3 is 0.769 bits per heavy atom. The van der Waals surface area contributed by atoms with Crippen LogP contribution in [0.15, 0.2) is 121 Å². The molecular weight excluding hydrogens is 591 g/mol. The van der Waals surface area contributed by atoms with E-state index >= 15 is 0 Å². The monoisotopic (exact) mass is 626 g/mol. The Balaban J connectivity index is 0.000000234. The molecule has 198 valence electrons. The van der Waals surface area contributed by atoms with Crippen LogP contribution in [0.25, 0.3) is 0 Å². The molecule has 0 aliphatic carbocycles. The molecular formula is C34H34O4Sn. The number of benzene rings is 4. The maximum Gasteiger partial charge on any atom is 0.170 e. The van der Waals surface area contributed by atoms with Gasteiger partial charge >= 0.3 is 43.9 Å². The van der Waals surface area contributed by atoms with E-state index in [0.717, 1.165) is 0 Å². The van der Waals surface area contributed by atoms with Gasteiger partial charge in [0.1, 0.15) is 0 Å². The van der Waals surface area contributed by atoms with Gasteiger partial charge in [0.05, 0.1) is 12.8 Å². The normalized spacial score (nSPS) is 9.69. The van der Waals surface area contributed by atoms with Gasteiger partial charge in [0, 0.05) is 22.3 Å². The van der Waals surface area contributed by atoms with Gasteiger partial charge in [-0.3, -0.25) is 19.2 Å². The third kappa shape index (κ3) is 12.2. The van der Waals surface area contributed by atoms with Gasteiger partial charge in [0.2, 0.25) is 0 Å². The zero-order chi connectivity index (χ0) is 28.3. The molecule has 0 amide bonds. The van der Waals surface area contributed by atoms with Crippen LogP contribution in [0.2, 0.25) is 8.87 Å². The third-order valence-electron chi connectivity index (χ3n) is 5.53. The van der Waals surface area contributed by atoms with Crippen LogP contribution in [0, 0.1) is 0 Å². The maximum absolute atomic E-state index is 11.8. The summed E-state index contributed by atoms with van der Waals surface area (Å²) < 4.78 is 3.03. The van der Waals surface area contributed by atoms with Crippen LogP contribution in [0.5, 0.6) is 0 Å². The number of Topliss-reactive ketones (excluding diaryl/α,β-unsaturated/α-hetero) is 4. The summed E-state index contributed by atoms with van der Waals surface area (Å²) in [7, 11) is 0. The quantitative estimate of drug-likeness (QED) is 0.102. The molecule has 0 spiro atoms. The molecule has 0 aliphatic rings. The molecule has 4 aromatic rings. The van der Waals surface area contributed by atoms with Gasteiger partial charge in [-0.05, 0) is 0 Å². The van der Waals surface area contributed by atoms with E-state index in [-0.39, 0.29) is 57.1 Å². The van der Waals surface area contributed by atoms with Crippen LogP contribution in [0.3, 0.4) is 0 Å². The molecule has 4 nitrogen and oxygen atoms in total. The molecule has 4 aromatic carbocycles. The van der Waals surface area contributed by atoms with Crippen molar-refractivity contribution >= 4 is 44.3 Å².